The van der Waals surface area contributed by atoms with Gasteiger partial charge in [0.05, 0.1) is 17.9 Å². The number of alkyl halides is 6. The van der Waals surface area contributed by atoms with E-state index in [9.17, 15) is 26.3 Å². The van der Waals surface area contributed by atoms with E-state index in [2.05, 4.69) is 50.9 Å². The number of hydrogen-bond acceptors (Lipinski definition) is 7. The van der Waals surface area contributed by atoms with Gasteiger partial charge in [0.15, 0.2) is 0 Å². The SMILES string of the molecule is CC(C)n1cc(CN2Cc3ccnn3C(COc3ccccn3)C2)cn1.O=C(O)C(F)(F)F.O=C(O)C(F)(F)F. The maximum atomic E-state index is 10.6. The van der Waals surface area contributed by atoms with Crippen molar-refractivity contribution in [2.75, 3.05) is 13.2 Å². The van der Waals surface area contributed by atoms with Gasteiger partial charge in [-0.2, -0.15) is 36.5 Å². The van der Waals surface area contributed by atoms with E-state index in [-0.39, 0.29) is 6.04 Å². The Morgan fingerprint density at radius 1 is 1.02 bits per heavy atom. The number of hydrogen-bond donors (Lipinski definition) is 2. The predicted octanol–water partition coefficient (Wildman–Crippen LogP) is 3.96. The number of aliphatic carboxylic acids is 2. The predicted molar refractivity (Wildman–Crippen MR) is 125 cm³/mol. The highest BCUT2D eigenvalue weighted by Crippen LogP contribution is 2.23. The van der Waals surface area contributed by atoms with Crippen LogP contribution >= 0.6 is 0 Å². The molecule has 1 aliphatic rings. The van der Waals surface area contributed by atoms with Gasteiger partial charge < -0.3 is 14.9 Å². The number of halogens is 6. The molecule has 3 aromatic heterocycles. The molecule has 3 aromatic rings. The van der Waals surface area contributed by atoms with Crippen LogP contribution in [0.5, 0.6) is 5.88 Å². The molecule has 0 spiro atoms. The number of carboxylic acid groups (broad SMARTS) is 2. The molecule has 11 nitrogen and oxygen atoms in total. The zero-order chi connectivity index (χ0) is 30.1. The third-order valence-electron chi connectivity index (χ3n) is 5.09. The molecule has 0 bridgehead atoms. The molecule has 40 heavy (non-hydrogen) atoms. The second-order valence-electron chi connectivity index (χ2n) is 8.60. The van der Waals surface area contributed by atoms with Crippen molar-refractivity contribution in [2.24, 2.45) is 0 Å². The first kappa shape index (κ1) is 32.1. The molecule has 0 fully saturated rings. The fourth-order valence-corrected chi connectivity index (χ4v) is 3.32. The monoisotopic (exact) mass is 580 g/mol. The molecule has 0 aromatic carbocycles. The molecule has 0 saturated heterocycles. The largest absolute Gasteiger partial charge is 0.490 e. The van der Waals surface area contributed by atoms with Crippen molar-refractivity contribution in [1.29, 1.82) is 0 Å². The average molecular weight is 580 g/mol. The highest BCUT2D eigenvalue weighted by Gasteiger charge is 2.38. The first-order chi connectivity index (χ1) is 18.6. The Morgan fingerprint density at radius 3 is 2.15 bits per heavy atom. The summed E-state index contributed by atoms with van der Waals surface area (Å²) in [5, 5.41) is 23.2. The molecule has 4 heterocycles. The Morgan fingerprint density at radius 2 is 1.65 bits per heavy atom. The van der Waals surface area contributed by atoms with Crippen LogP contribution in [-0.4, -0.2) is 77.1 Å². The van der Waals surface area contributed by atoms with E-state index in [0.717, 1.165) is 19.6 Å². The number of ether oxygens (including phenoxy) is 1. The zero-order valence-electron chi connectivity index (χ0n) is 21.2. The van der Waals surface area contributed by atoms with Crippen molar-refractivity contribution in [3.8, 4) is 5.88 Å². The lowest BCUT2D eigenvalue weighted by atomic mass is 10.2. The third kappa shape index (κ3) is 10.2. The van der Waals surface area contributed by atoms with E-state index < -0.39 is 24.3 Å². The standard InChI is InChI=1S/C19H24N6O.2C2HF3O2/c1-15(2)24-11-16(9-22-24)10-23-12-17-6-8-21-25(17)18(13-23)14-26-19-5-3-4-7-20-19;2*3-2(4,5)1(6)7/h3-9,11,15,18H,10,12-14H2,1-2H3;2*(H,6,7). The Bertz CT molecular complexity index is 1200. The number of fused-ring (bicyclic) bond motifs is 1. The number of rotatable bonds is 6. The maximum Gasteiger partial charge on any atom is 0.490 e. The van der Waals surface area contributed by atoms with Crippen molar-refractivity contribution in [2.45, 2.75) is 51.4 Å². The van der Waals surface area contributed by atoms with Crippen molar-refractivity contribution in [1.82, 2.24) is 29.4 Å². The molecule has 17 heteroatoms. The van der Waals surface area contributed by atoms with Crippen molar-refractivity contribution in [3.63, 3.8) is 0 Å². The van der Waals surface area contributed by atoms with Crippen molar-refractivity contribution in [3.05, 3.63) is 60.3 Å². The van der Waals surface area contributed by atoms with Crippen LogP contribution in [-0.2, 0) is 22.7 Å². The van der Waals surface area contributed by atoms with Crippen LogP contribution in [0.1, 0.15) is 37.2 Å². The number of nitrogens with zero attached hydrogens (tertiary/aromatic N) is 6. The fraction of sp³-hybridized carbons (Fsp3) is 0.435. The van der Waals surface area contributed by atoms with Gasteiger partial charge >= 0.3 is 24.3 Å². The molecule has 0 radical (unpaired) electrons. The molecular weight excluding hydrogens is 554 g/mol. The van der Waals surface area contributed by atoms with Gasteiger partial charge in [-0.1, -0.05) is 6.07 Å². The Balaban J connectivity index is 0.000000333. The van der Waals surface area contributed by atoms with E-state index in [0.29, 0.717) is 18.5 Å². The van der Waals surface area contributed by atoms with Crippen LogP contribution in [0.25, 0.3) is 0 Å². The minimum absolute atomic E-state index is 0.163. The summed E-state index contributed by atoms with van der Waals surface area (Å²) < 4.78 is 73.4. The first-order valence-corrected chi connectivity index (χ1v) is 11.5. The third-order valence-corrected chi connectivity index (χ3v) is 5.09. The molecule has 0 amide bonds. The summed E-state index contributed by atoms with van der Waals surface area (Å²) in [6.07, 6.45) is -2.46. The molecular formula is C23H26F6N6O5. The Labute approximate surface area is 223 Å². The van der Waals surface area contributed by atoms with Gasteiger partial charge in [-0.15, -0.1) is 0 Å². The second kappa shape index (κ2) is 13.8. The quantitative estimate of drug-likeness (QED) is 0.416. The topological polar surface area (TPSA) is 136 Å². The summed E-state index contributed by atoms with van der Waals surface area (Å²) in [4.78, 5) is 24.4. The lowest BCUT2D eigenvalue weighted by Gasteiger charge is -2.33. The molecule has 0 aliphatic carbocycles. The molecule has 220 valence electrons. The lowest BCUT2D eigenvalue weighted by Crippen LogP contribution is -2.39. The van der Waals surface area contributed by atoms with Gasteiger partial charge in [0.25, 0.3) is 0 Å². The number of carbonyl (C=O) groups is 2. The molecule has 1 atom stereocenters. The van der Waals surface area contributed by atoms with Crippen LogP contribution < -0.4 is 4.74 Å². The fourth-order valence-electron chi connectivity index (χ4n) is 3.32. The molecule has 1 unspecified atom stereocenters. The van der Waals surface area contributed by atoms with Gasteiger partial charge in [0, 0.05) is 55.9 Å². The maximum absolute atomic E-state index is 10.6. The summed E-state index contributed by atoms with van der Waals surface area (Å²) in [7, 11) is 0. The molecule has 2 N–H and O–H groups in total. The minimum atomic E-state index is -5.08. The van der Waals surface area contributed by atoms with E-state index in [4.69, 9.17) is 24.5 Å². The summed E-state index contributed by atoms with van der Waals surface area (Å²) in [6, 6.07) is 8.32. The normalized spacial score (nSPS) is 15.3. The van der Waals surface area contributed by atoms with Gasteiger partial charge in [0.2, 0.25) is 5.88 Å². The number of pyridine rings is 1. The summed E-state index contributed by atoms with van der Waals surface area (Å²) in [5.74, 6) is -4.86. The molecule has 0 saturated carbocycles. The first-order valence-electron chi connectivity index (χ1n) is 11.5. The van der Waals surface area contributed by atoms with Gasteiger partial charge in [0.1, 0.15) is 6.61 Å². The summed E-state index contributed by atoms with van der Waals surface area (Å²) in [6.45, 7) is 7.47. The van der Waals surface area contributed by atoms with Gasteiger partial charge in [-0.3, -0.25) is 14.3 Å². The Kier molecular flexibility index (Phi) is 11.0. The molecule has 4 rings (SSSR count). The summed E-state index contributed by atoms with van der Waals surface area (Å²) in [5.41, 5.74) is 2.44. The van der Waals surface area contributed by atoms with Crippen LogP contribution in [0, 0.1) is 0 Å². The minimum Gasteiger partial charge on any atom is -0.475 e. The highest BCUT2D eigenvalue weighted by atomic mass is 19.4. The van der Waals surface area contributed by atoms with E-state index in [1.807, 2.05) is 35.3 Å². The average Bonchev–Trinajstić information content (AvgIpc) is 3.53. The van der Waals surface area contributed by atoms with Crippen LogP contribution in [0.15, 0.2) is 49.1 Å². The smallest absolute Gasteiger partial charge is 0.475 e. The highest BCUT2D eigenvalue weighted by molar-refractivity contribution is 5.73. The van der Waals surface area contributed by atoms with E-state index in [1.165, 1.54) is 11.3 Å². The van der Waals surface area contributed by atoms with Gasteiger partial charge in [-0.05, 0) is 26.0 Å². The van der Waals surface area contributed by atoms with Crippen LogP contribution in [0.3, 0.4) is 0 Å². The van der Waals surface area contributed by atoms with Crippen LogP contribution in [0.4, 0.5) is 26.3 Å². The second-order valence-corrected chi connectivity index (χ2v) is 8.60. The lowest BCUT2D eigenvalue weighted by molar-refractivity contribution is -0.193. The molecule has 1 aliphatic heterocycles. The van der Waals surface area contributed by atoms with E-state index in [1.54, 1.807) is 6.20 Å². The van der Waals surface area contributed by atoms with E-state index >= 15 is 0 Å². The van der Waals surface area contributed by atoms with Crippen molar-refractivity contribution >= 4 is 11.9 Å². The van der Waals surface area contributed by atoms with Gasteiger partial charge in [-0.25, -0.2) is 14.6 Å². The number of aromatic nitrogens is 5. The van der Waals surface area contributed by atoms with Crippen LogP contribution in [0.2, 0.25) is 0 Å². The summed E-state index contributed by atoms with van der Waals surface area (Å²) >= 11 is 0. The Hall–Kier alpha value is -4.15. The number of carboxylic acids is 2. The zero-order valence-corrected chi connectivity index (χ0v) is 21.2. The van der Waals surface area contributed by atoms with Crippen molar-refractivity contribution < 1.29 is 50.9 Å².